The van der Waals surface area contributed by atoms with E-state index in [9.17, 15) is 26.3 Å². The van der Waals surface area contributed by atoms with Gasteiger partial charge in [0.2, 0.25) is 0 Å². The second-order valence-corrected chi connectivity index (χ2v) is 7.84. The number of nitriles is 2. The number of hydrogen-bond donors (Lipinski definition) is 0. The van der Waals surface area contributed by atoms with E-state index in [1.54, 1.807) is 32.9 Å². The van der Waals surface area contributed by atoms with Crippen LogP contribution in [0.1, 0.15) is 50.8 Å². The van der Waals surface area contributed by atoms with Crippen molar-refractivity contribution in [3.05, 3.63) is 81.5 Å². The lowest BCUT2D eigenvalue weighted by Crippen LogP contribution is -2.18. The van der Waals surface area contributed by atoms with Gasteiger partial charge in [0, 0.05) is 22.3 Å². The zero-order chi connectivity index (χ0) is 28.2. The topological polar surface area (TPSA) is 47.6 Å². The normalized spacial score (nSPS) is 13.9. The van der Waals surface area contributed by atoms with Crippen molar-refractivity contribution in [2.45, 2.75) is 52.9 Å². The summed E-state index contributed by atoms with van der Waals surface area (Å²) in [5, 5.41) is 18.0. The van der Waals surface area contributed by atoms with Crippen molar-refractivity contribution >= 4 is 0 Å². The van der Waals surface area contributed by atoms with Gasteiger partial charge in [-0.3, -0.25) is 0 Å². The summed E-state index contributed by atoms with van der Waals surface area (Å²) >= 11 is 0. The van der Waals surface area contributed by atoms with Gasteiger partial charge >= 0.3 is 12.4 Å². The van der Waals surface area contributed by atoms with E-state index in [1.807, 2.05) is 12.1 Å². The molecule has 1 rings (SSSR count). The molecule has 0 radical (unpaired) electrons. The standard InChI is InChI=1S/C29H24F6N2/c1-5-22(8-10-24-11-12-27(29(33,34)35)19-26(24)14-16-37)17-20(3)7-9-23(6-2)25(13-15-36)18-21(4)28(30,31)32/h5-6,11-12,17-19,21H,13-14H2,1-4H3/b20-17+,22-5-,23-6-,25-18-. The summed E-state index contributed by atoms with van der Waals surface area (Å²) in [6.45, 7) is 5.97. The lowest BCUT2D eigenvalue weighted by molar-refractivity contribution is -0.156. The van der Waals surface area contributed by atoms with Crippen LogP contribution in [0.15, 0.2) is 64.8 Å². The van der Waals surface area contributed by atoms with E-state index in [4.69, 9.17) is 10.5 Å². The predicted molar refractivity (Wildman–Crippen MR) is 130 cm³/mol. The number of hydrogen-bond acceptors (Lipinski definition) is 2. The summed E-state index contributed by atoms with van der Waals surface area (Å²) in [6.07, 6.45) is -3.66. The van der Waals surface area contributed by atoms with E-state index < -0.39 is 23.8 Å². The minimum Gasteiger partial charge on any atom is -0.198 e. The van der Waals surface area contributed by atoms with E-state index in [2.05, 4.69) is 23.7 Å². The molecule has 0 aliphatic heterocycles. The van der Waals surface area contributed by atoms with Gasteiger partial charge in [0.05, 0.1) is 36.5 Å². The van der Waals surface area contributed by atoms with E-state index in [1.165, 1.54) is 12.1 Å². The summed E-state index contributed by atoms with van der Waals surface area (Å²) < 4.78 is 77.9. The fraction of sp³-hybridized carbons (Fsp3) is 0.310. The first-order chi connectivity index (χ1) is 17.3. The van der Waals surface area contributed by atoms with Gasteiger partial charge in [0.1, 0.15) is 0 Å². The van der Waals surface area contributed by atoms with E-state index in [0.717, 1.165) is 25.1 Å². The SMILES string of the molecule is C/C=C(C#Cc1ccc(C(F)(F)F)cc1CC#N)\C=C(/C)C#CC(=C/C)/C(=C\C(C)C(F)(F)F)CC#N. The smallest absolute Gasteiger partial charge is 0.198 e. The van der Waals surface area contributed by atoms with Crippen LogP contribution in [-0.4, -0.2) is 6.18 Å². The summed E-state index contributed by atoms with van der Waals surface area (Å²) in [5.41, 5.74) is 1.06. The number of halogens is 6. The highest BCUT2D eigenvalue weighted by Crippen LogP contribution is 2.31. The van der Waals surface area contributed by atoms with Gasteiger partial charge in [0.15, 0.2) is 0 Å². The Bertz CT molecular complexity index is 1320. The van der Waals surface area contributed by atoms with Crippen LogP contribution >= 0.6 is 0 Å². The molecular weight excluding hydrogens is 490 g/mol. The van der Waals surface area contributed by atoms with Crippen LogP contribution in [-0.2, 0) is 12.6 Å². The van der Waals surface area contributed by atoms with Crippen molar-refractivity contribution in [1.82, 2.24) is 0 Å². The molecule has 192 valence electrons. The molecule has 0 bridgehead atoms. The summed E-state index contributed by atoms with van der Waals surface area (Å²) in [5.74, 6) is 9.52. The molecule has 1 aromatic rings. The summed E-state index contributed by atoms with van der Waals surface area (Å²) in [6, 6.07) is 6.71. The molecule has 1 aromatic carbocycles. The minimum absolute atomic E-state index is 0.156. The lowest BCUT2D eigenvalue weighted by Gasteiger charge is -2.13. The van der Waals surface area contributed by atoms with E-state index in [-0.39, 0.29) is 29.5 Å². The van der Waals surface area contributed by atoms with Crippen molar-refractivity contribution in [3.63, 3.8) is 0 Å². The molecule has 0 fully saturated rings. The highest BCUT2D eigenvalue weighted by Gasteiger charge is 2.34. The summed E-state index contributed by atoms with van der Waals surface area (Å²) in [7, 11) is 0. The number of benzene rings is 1. The van der Waals surface area contributed by atoms with Crippen molar-refractivity contribution in [3.8, 4) is 35.8 Å². The molecule has 8 heteroatoms. The molecule has 0 aromatic heterocycles. The molecule has 0 saturated carbocycles. The number of rotatable bonds is 5. The lowest BCUT2D eigenvalue weighted by atomic mass is 9.98. The molecular formula is C29H24F6N2. The Morgan fingerprint density at radius 2 is 1.65 bits per heavy atom. The van der Waals surface area contributed by atoms with E-state index in [0.29, 0.717) is 16.7 Å². The third-order valence-corrected chi connectivity index (χ3v) is 4.99. The maximum atomic E-state index is 13.0. The molecule has 0 aliphatic carbocycles. The van der Waals surface area contributed by atoms with Crippen LogP contribution in [0.4, 0.5) is 26.3 Å². The molecule has 0 aliphatic rings. The van der Waals surface area contributed by atoms with Gasteiger partial charge in [-0.15, -0.1) is 0 Å². The fourth-order valence-electron chi connectivity index (χ4n) is 2.95. The number of nitrogens with zero attached hydrogens (tertiary/aromatic N) is 2. The molecule has 0 saturated heterocycles. The van der Waals surface area contributed by atoms with Crippen molar-refractivity contribution in [1.29, 1.82) is 10.5 Å². The molecule has 0 amide bonds. The largest absolute Gasteiger partial charge is 0.416 e. The van der Waals surface area contributed by atoms with Gasteiger partial charge < -0.3 is 0 Å². The average Bonchev–Trinajstić information content (AvgIpc) is 2.81. The second-order valence-electron chi connectivity index (χ2n) is 7.84. The first-order valence-corrected chi connectivity index (χ1v) is 11.0. The summed E-state index contributed by atoms with van der Waals surface area (Å²) in [4.78, 5) is 0. The van der Waals surface area contributed by atoms with Gasteiger partial charge in [-0.2, -0.15) is 36.9 Å². The second kappa shape index (κ2) is 13.8. The number of allylic oxidation sites excluding steroid dienone is 8. The Kier molecular flexibility index (Phi) is 11.5. The number of alkyl halides is 6. The van der Waals surface area contributed by atoms with Gasteiger partial charge in [-0.25, -0.2) is 0 Å². The first kappa shape index (κ1) is 30.9. The van der Waals surface area contributed by atoms with Crippen molar-refractivity contribution in [2.75, 3.05) is 0 Å². The molecule has 1 unspecified atom stereocenters. The monoisotopic (exact) mass is 514 g/mol. The van der Waals surface area contributed by atoms with E-state index >= 15 is 0 Å². The molecule has 0 spiro atoms. The average molecular weight is 515 g/mol. The highest BCUT2D eigenvalue weighted by atomic mass is 19.4. The molecule has 37 heavy (non-hydrogen) atoms. The predicted octanol–water partition coefficient (Wildman–Crippen LogP) is 8.00. The van der Waals surface area contributed by atoms with Crippen molar-refractivity contribution in [2.24, 2.45) is 5.92 Å². The zero-order valence-electron chi connectivity index (χ0n) is 20.7. The fourth-order valence-corrected chi connectivity index (χ4v) is 2.95. The Morgan fingerprint density at radius 3 is 2.16 bits per heavy atom. The van der Waals surface area contributed by atoms with Gasteiger partial charge in [-0.1, -0.05) is 48.8 Å². The van der Waals surface area contributed by atoms with Crippen LogP contribution < -0.4 is 0 Å². The molecule has 2 nitrogen and oxygen atoms in total. The Hall–Kier alpha value is -4.14. The Balaban J connectivity index is 3.30. The molecule has 0 heterocycles. The third-order valence-electron chi connectivity index (χ3n) is 4.99. The van der Waals surface area contributed by atoms with Crippen LogP contribution in [0, 0.1) is 52.3 Å². The Labute approximate surface area is 213 Å². The maximum absolute atomic E-state index is 13.0. The zero-order valence-corrected chi connectivity index (χ0v) is 20.7. The van der Waals surface area contributed by atoms with Gasteiger partial charge in [0.25, 0.3) is 0 Å². The maximum Gasteiger partial charge on any atom is 0.416 e. The van der Waals surface area contributed by atoms with Crippen LogP contribution in [0.3, 0.4) is 0 Å². The van der Waals surface area contributed by atoms with Gasteiger partial charge in [-0.05, 0) is 56.2 Å². The first-order valence-electron chi connectivity index (χ1n) is 11.0. The quantitative estimate of drug-likeness (QED) is 0.227. The third kappa shape index (κ3) is 10.2. The van der Waals surface area contributed by atoms with Crippen LogP contribution in [0.25, 0.3) is 0 Å². The van der Waals surface area contributed by atoms with Crippen molar-refractivity contribution < 1.29 is 26.3 Å². The Morgan fingerprint density at radius 1 is 0.973 bits per heavy atom. The van der Waals surface area contributed by atoms with Crippen LogP contribution in [0.2, 0.25) is 0 Å². The minimum atomic E-state index is -4.54. The highest BCUT2D eigenvalue weighted by molar-refractivity contribution is 5.54. The van der Waals surface area contributed by atoms with Crippen LogP contribution in [0.5, 0.6) is 0 Å². The molecule has 1 atom stereocenters. The molecule has 0 N–H and O–H groups in total.